The first-order chi connectivity index (χ1) is 12.0. The molecule has 0 spiro atoms. The molecule has 0 bridgehead atoms. The normalized spacial score (nSPS) is 12.3. The van der Waals surface area contributed by atoms with Gasteiger partial charge in [0.25, 0.3) is 0 Å². The summed E-state index contributed by atoms with van der Waals surface area (Å²) < 4.78 is 0. The smallest absolute Gasteiger partial charge is 0.193 e. The minimum absolute atomic E-state index is 0.0306. The van der Waals surface area contributed by atoms with Gasteiger partial charge < -0.3 is 5.11 Å². The van der Waals surface area contributed by atoms with E-state index in [0.29, 0.717) is 11.5 Å². The Morgan fingerprint density at radius 3 is 2.28 bits per heavy atom. The van der Waals surface area contributed by atoms with Gasteiger partial charge in [0, 0.05) is 11.1 Å². The third kappa shape index (κ3) is 6.04. The molecule has 2 rings (SSSR count). The lowest BCUT2D eigenvalue weighted by Gasteiger charge is -2.14. The molecule has 0 aromatic heterocycles. The molecular formula is C23H30O2. The summed E-state index contributed by atoms with van der Waals surface area (Å²) in [6.45, 7) is 6.86. The molecule has 0 amide bonds. The largest absolute Gasteiger partial charge is 0.508 e. The number of phenolic OH excluding ortho intramolecular Hbond substituents is 1. The molecule has 2 aromatic carbocycles. The second-order valence-corrected chi connectivity index (χ2v) is 7.50. The van der Waals surface area contributed by atoms with Crippen molar-refractivity contribution in [2.75, 3.05) is 0 Å². The molecule has 134 valence electrons. The standard InChI is InChI=1S/C23H30O2/c1-17(2)7-6-8-18(3)11-12-19-9-4-5-10-22(19)23(25)20-13-15-21(24)16-14-20/h4-5,9-10,13-18,24H,6-8,11-12H2,1-3H3/t18-/m1/s1. The second kappa shape index (κ2) is 9.41. The molecule has 0 aliphatic carbocycles. The fourth-order valence-corrected chi connectivity index (χ4v) is 3.15. The number of benzene rings is 2. The summed E-state index contributed by atoms with van der Waals surface area (Å²) >= 11 is 0. The number of carbonyl (C=O) groups excluding carboxylic acids is 1. The molecule has 0 aliphatic rings. The zero-order chi connectivity index (χ0) is 18.2. The van der Waals surface area contributed by atoms with Crippen LogP contribution in [0.1, 0.15) is 67.9 Å². The zero-order valence-electron chi connectivity index (χ0n) is 15.7. The summed E-state index contributed by atoms with van der Waals surface area (Å²) in [7, 11) is 0. The summed E-state index contributed by atoms with van der Waals surface area (Å²) in [5, 5.41) is 9.40. The van der Waals surface area contributed by atoms with Gasteiger partial charge in [0.05, 0.1) is 0 Å². The fraction of sp³-hybridized carbons (Fsp3) is 0.435. The molecule has 0 saturated carbocycles. The molecule has 25 heavy (non-hydrogen) atoms. The molecule has 1 atom stereocenters. The maximum absolute atomic E-state index is 12.8. The minimum Gasteiger partial charge on any atom is -0.508 e. The van der Waals surface area contributed by atoms with E-state index in [4.69, 9.17) is 0 Å². The highest BCUT2D eigenvalue weighted by Crippen LogP contribution is 2.22. The van der Waals surface area contributed by atoms with Gasteiger partial charge in [-0.3, -0.25) is 4.79 Å². The lowest BCUT2D eigenvalue weighted by molar-refractivity contribution is 0.103. The van der Waals surface area contributed by atoms with E-state index >= 15 is 0 Å². The maximum Gasteiger partial charge on any atom is 0.193 e. The molecule has 0 aliphatic heterocycles. The van der Waals surface area contributed by atoms with Gasteiger partial charge in [-0.15, -0.1) is 0 Å². The molecule has 2 nitrogen and oxygen atoms in total. The highest BCUT2D eigenvalue weighted by atomic mass is 16.3. The highest BCUT2D eigenvalue weighted by Gasteiger charge is 2.14. The van der Waals surface area contributed by atoms with Gasteiger partial charge in [0.15, 0.2) is 5.78 Å². The zero-order valence-corrected chi connectivity index (χ0v) is 15.7. The molecule has 0 heterocycles. The average molecular weight is 338 g/mol. The van der Waals surface area contributed by atoms with Gasteiger partial charge in [-0.2, -0.15) is 0 Å². The molecule has 0 radical (unpaired) electrons. The van der Waals surface area contributed by atoms with Crippen LogP contribution in [-0.2, 0) is 6.42 Å². The van der Waals surface area contributed by atoms with E-state index in [1.165, 1.54) is 19.3 Å². The molecular weight excluding hydrogens is 308 g/mol. The van der Waals surface area contributed by atoms with Crippen LogP contribution in [0.15, 0.2) is 48.5 Å². The van der Waals surface area contributed by atoms with Crippen molar-refractivity contribution in [2.24, 2.45) is 11.8 Å². The van der Waals surface area contributed by atoms with Crippen molar-refractivity contribution >= 4 is 5.78 Å². The number of hydrogen-bond donors (Lipinski definition) is 1. The van der Waals surface area contributed by atoms with E-state index in [0.717, 1.165) is 29.9 Å². The lowest BCUT2D eigenvalue weighted by atomic mass is 9.91. The number of carbonyl (C=O) groups is 1. The maximum atomic E-state index is 12.8. The van der Waals surface area contributed by atoms with Gasteiger partial charge in [0.1, 0.15) is 5.75 Å². The number of hydrogen-bond acceptors (Lipinski definition) is 2. The predicted molar refractivity (Wildman–Crippen MR) is 104 cm³/mol. The van der Waals surface area contributed by atoms with E-state index in [9.17, 15) is 9.90 Å². The number of ketones is 1. The van der Waals surface area contributed by atoms with Gasteiger partial charge in [-0.1, -0.05) is 64.3 Å². The van der Waals surface area contributed by atoms with Gasteiger partial charge in [-0.05, 0) is 54.5 Å². The van der Waals surface area contributed by atoms with E-state index < -0.39 is 0 Å². The summed E-state index contributed by atoms with van der Waals surface area (Å²) in [5.41, 5.74) is 2.52. The SMILES string of the molecule is CC(C)CCC[C@@H](C)CCc1ccccc1C(=O)c1ccc(O)cc1. The Hall–Kier alpha value is -2.09. The van der Waals surface area contributed by atoms with Crippen molar-refractivity contribution in [1.82, 2.24) is 0 Å². The average Bonchev–Trinajstić information content (AvgIpc) is 2.60. The monoisotopic (exact) mass is 338 g/mol. The van der Waals surface area contributed by atoms with E-state index in [-0.39, 0.29) is 11.5 Å². The quantitative estimate of drug-likeness (QED) is 0.568. The number of rotatable bonds is 9. The number of phenols is 1. The van der Waals surface area contributed by atoms with Crippen LogP contribution >= 0.6 is 0 Å². The Morgan fingerprint density at radius 1 is 0.920 bits per heavy atom. The van der Waals surface area contributed by atoms with Crippen LogP contribution < -0.4 is 0 Å². The summed E-state index contributed by atoms with van der Waals surface area (Å²) in [6.07, 6.45) is 5.88. The summed E-state index contributed by atoms with van der Waals surface area (Å²) in [5.74, 6) is 1.66. The number of aromatic hydroxyl groups is 1. The van der Waals surface area contributed by atoms with Gasteiger partial charge >= 0.3 is 0 Å². The first-order valence-electron chi connectivity index (χ1n) is 9.39. The fourth-order valence-electron chi connectivity index (χ4n) is 3.15. The van der Waals surface area contributed by atoms with Crippen LogP contribution in [0.2, 0.25) is 0 Å². The summed E-state index contributed by atoms with van der Waals surface area (Å²) in [4.78, 5) is 12.8. The Balaban J connectivity index is 2.00. The van der Waals surface area contributed by atoms with Crippen LogP contribution in [0, 0.1) is 11.8 Å². The van der Waals surface area contributed by atoms with Crippen molar-refractivity contribution in [3.8, 4) is 5.75 Å². The Bertz CT molecular complexity index is 671. The Labute approximate surface area is 151 Å². The van der Waals surface area contributed by atoms with Crippen LogP contribution in [0.5, 0.6) is 5.75 Å². The van der Waals surface area contributed by atoms with E-state index in [2.05, 4.69) is 26.8 Å². The topological polar surface area (TPSA) is 37.3 Å². The third-order valence-corrected chi connectivity index (χ3v) is 4.78. The Kier molecular flexibility index (Phi) is 7.24. The highest BCUT2D eigenvalue weighted by molar-refractivity contribution is 6.09. The van der Waals surface area contributed by atoms with E-state index in [1.807, 2.05) is 18.2 Å². The first kappa shape index (κ1) is 19.2. The summed E-state index contributed by atoms with van der Waals surface area (Å²) in [6, 6.07) is 14.4. The van der Waals surface area contributed by atoms with Crippen molar-refractivity contribution in [1.29, 1.82) is 0 Å². The molecule has 0 unspecified atom stereocenters. The van der Waals surface area contributed by atoms with E-state index in [1.54, 1.807) is 24.3 Å². The molecule has 0 saturated heterocycles. The van der Waals surface area contributed by atoms with Crippen LogP contribution in [0.4, 0.5) is 0 Å². The predicted octanol–water partition coefficient (Wildman–Crippen LogP) is 6.02. The van der Waals surface area contributed by atoms with Crippen LogP contribution in [0.25, 0.3) is 0 Å². The van der Waals surface area contributed by atoms with Crippen molar-refractivity contribution in [3.63, 3.8) is 0 Å². The number of aryl methyl sites for hydroxylation is 1. The van der Waals surface area contributed by atoms with Crippen molar-refractivity contribution in [3.05, 3.63) is 65.2 Å². The molecule has 2 heteroatoms. The molecule has 2 aromatic rings. The lowest BCUT2D eigenvalue weighted by Crippen LogP contribution is -2.07. The second-order valence-electron chi connectivity index (χ2n) is 7.50. The van der Waals surface area contributed by atoms with Gasteiger partial charge in [0.2, 0.25) is 0 Å². The van der Waals surface area contributed by atoms with Crippen molar-refractivity contribution in [2.45, 2.75) is 52.9 Å². The van der Waals surface area contributed by atoms with Crippen LogP contribution in [0.3, 0.4) is 0 Å². The Morgan fingerprint density at radius 2 is 1.60 bits per heavy atom. The third-order valence-electron chi connectivity index (χ3n) is 4.78. The van der Waals surface area contributed by atoms with Crippen molar-refractivity contribution < 1.29 is 9.90 Å². The first-order valence-corrected chi connectivity index (χ1v) is 9.39. The van der Waals surface area contributed by atoms with Crippen LogP contribution in [-0.4, -0.2) is 10.9 Å². The molecule has 0 fully saturated rings. The molecule has 1 N–H and O–H groups in total. The van der Waals surface area contributed by atoms with Gasteiger partial charge in [-0.25, -0.2) is 0 Å². The minimum atomic E-state index is 0.0306.